The summed E-state index contributed by atoms with van der Waals surface area (Å²) in [5.74, 6) is 0.393. The molecule has 5 nitrogen and oxygen atoms in total. The molecular weight excluding hydrogens is 220 g/mol. The van der Waals surface area contributed by atoms with E-state index >= 15 is 0 Å². The number of carbonyl (C=O) groups excluding carboxylic acids is 1. The standard InChI is InChI=1S/C12H18N2O3/c1-8(15)14-10-6-9(11(16)7-13-2)4-5-12(10)17-3/h4-6,11,13,16H,7H2,1-3H3,(H,14,15). The summed E-state index contributed by atoms with van der Waals surface area (Å²) in [5, 5.41) is 15.4. The Labute approximate surface area is 101 Å². The second-order valence-electron chi connectivity index (χ2n) is 3.71. The Balaban J connectivity index is 2.99. The van der Waals surface area contributed by atoms with Gasteiger partial charge in [-0.2, -0.15) is 0 Å². The van der Waals surface area contributed by atoms with Crippen molar-refractivity contribution >= 4 is 11.6 Å². The zero-order valence-corrected chi connectivity index (χ0v) is 10.3. The zero-order valence-electron chi connectivity index (χ0n) is 10.3. The fraction of sp³-hybridized carbons (Fsp3) is 0.417. The third-order valence-electron chi connectivity index (χ3n) is 2.32. The van der Waals surface area contributed by atoms with Crippen LogP contribution in [0, 0.1) is 0 Å². The Morgan fingerprint density at radius 3 is 2.76 bits per heavy atom. The highest BCUT2D eigenvalue weighted by Gasteiger charge is 2.11. The molecule has 17 heavy (non-hydrogen) atoms. The second kappa shape index (κ2) is 6.22. The monoisotopic (exact) mass is 238 g/mol. The first kappa shape index (κ1) is 13.5. The normalized spacial score (nSPS) is 12.0. The van der Waals surface area contributed by atoms with Crippen molar-refractivity contribution in [1.82, 2.24) is 5.32 Å². The van der Waals surface area contributed by atoms with Crippen molar-refractivity contribution in [2.24, 2.45) is 0 Å². The fourth-order valence-electron chi connectivity index (χ4n) is 1.53. The molecule has 0 aromatic heterocycles. The predicted molar refractivity (Wildman–Crippen MR) is 66.2 cm³/mol. The Morgan fingerprint density at radius 2 is 2.24 bits per heavy atom. The predicted octanol–water partition coefficient (Wildman–Crippen LogP) is 0.906. The number of aliphatic hydroxyl groups excluding tert-OH is 1. The molecule has 0 radical (unpaired) electrons. The largest absolute Gasteiger partial charge is 0.495 e. The van der Waals surface area contributed by atoms with Crippen molar-refractivity contribution < 1.29 is 14.6 Å². The lowest BCUT2D eigenvalue weighted by atomic mass is 10.1. The average Bonchev–Trinajstić information content (AvgIpc) is 2.28. The summed E-state index contributed by atoms with van der Waals surface area (Å²) in [7, 11) is 3.30. The molecule has 1 amide bonds. The molecular formula is C12H18N2O3. The van der Waals surface area contributed by atoms with Gasteiger partial charge in [0.1, 0.15) is 5.75 Å². The lowest BCUT2D eigenvalue weighted by Gasteiger charge is -2.14. The fourth-order valence-corrected chi connectivity index (χ4v) is 1.53. The molecule has 0 saturated carbocycles. The molecule has 0 aliphatic carbocycles. The minimum absolute atomic E-state index is 0.177. The van der Waals surface area contributed by atoms with Gasteiger partial charge in [0.2, 0.25) is 5.91 Å². The second-order valence-corrected chi connectivity index (χ2v) is 3.71. The molecule has 0 spiro atoms. The van der Waals surface area contributed by atoms with E-state index in [1.807, 2.05) is 0 Å². The first-order valence-electron chi connectivity index (χ1n) is 5.36. The van der Waals surface area contributed by atoms with Crippen LogP contribution in [0.1, 0.15) is 18.6 Å². The molecule has 0 heterocycles. The maximum Gasteiger partial charge on any atom is 0.221 e. The van der Waals surface area contributed by atoms with Crippen molar-refractivity contribution in [3.63, 3.8) is 0 Å². The number of anilines is 1. The minimum Gasteiger partial charge on any atom is -0.495 e. The van der Waals surface area contributed by atoms with Crippen molar-refractivity contribution in [2.45, 2.75) is 13.0 Å². The Hall–Kier alpha value is -1.59. The molecule has 3 N–H and O–H groups in total. The average molecular weight is 238 g/mol. The molecule has 0 aliphatic heterocycles. The van der Waals surface area contributed by atoms with Crippen LogP contribution in [0.2, 0.25) is 0 Å². The minimum atomic E-state index is -0.613. The molecule has 0 saturated heterocycles. The molecule has 1 aromatic rings. The van der Waals surface area contributed by atoms with E-state index in [9.17, 15) is 9.90 Å². The van der Waals surface area contributed by atoms with E-state index in [2.05, 4.69) is 10.6 Å². The van der Waals surface area contributed by atoms with Crippen molar-refractivity contribution in [3.8, 4) is 5.75 Å². The van der Waals surface area contributed by atoms with Gasteiger partial charge in [-0.1, -0.05) is 6.07 Å². The molecule has 0 bridgehead atoms. The van der Waals surface area contributed by atoms with Crippen LogP contribution in [0.4, 0.5) is 5.69 Å². The number of ether oxygens (including phenoxy) is 1. The molecule has 0 fully saturated rings. The number of carbonyl (C=O) groups is 1. The molecule has 1 unspecified atom stereocenters. The molecule has 0 aliphatic rings. The number of benzene rings is 1. The van der Waals surface area contributed by atoms with Gasteiger partial charge in [0, 0.05) is 13.5 Å². The lowest BCUT2D eigenvalue weighted by Crippen LogP contribution is -2.17. The summed E-state index contributed by atoms with van der Waals surface area (Å²) in [6.45, 7) is 1.88. The summed E-state index contributed by atoms with van der Waals surface area (Å²) in [6, 6.07) is 5.20. The smallest absolute Gasteiger partial charge is 0.221 e. The van der Waals surface area contributed by atoms with Gasteiger partial charge >= 0.3 is 0 Å². The topological polar surface area (TPSA) is 70.6 Å². The molecule has 1 rings (SSSR count). The highest BCUT2D eigenvalue weighted by atomic mass is 16.5. The van der Waals surface area contributed by atoms with Crippen LogP contribution < -0.4 is 15.4 Å². The third-order valence-corrected chi connectivity index (χ3v) is 2.32. The molecule has 94 valence electrons. The van der Waals surface area contributed by atoms with E-state index in [0.717, 1.165) is 5.56 Å². The molecule has 1 aromatic carbocycles. The van der Waals surface area contributed by atoms with Crippen LogP contribution in [-0.2, 0) is 4.79 Å². The Kier molecular flexibility index (Phi) is 4.93. The van der Waals surface area contributed by atoms with E-state index in [-0.39, 0.29) is 5.91 Å². The van der Waals surface area contributed by atoms with E-state index in [4.69, 9.17) is 4.74 Å². The Bertz CT molecular complexity index is 393. The van der Waals surface area contributed by atoms with Crippen molar-refractivity contribution in [2.75, 3.05) is 26.0 Å². The number of methoxy groups -OCH3 is 1. The zero-order chi connectivity index (χ0) is 12.8. The van der Waals surface area contributed by atoms with Crippen molar-refractivity contribution in [1.29, 1.82) is 0 Å². The summed E-state index contributed by atoms with van der Waals surface area (Å²) < 4.78 is 5.13. The van der Waals surface area contributed by atoms with Crippen LogP contribution in [0.3, 0.4) is 0 Å². The maximum atomic E-state index is 11.0. The summed E-state index contributed by atoms with van der Waals surface area (Å²) in [6.07, 6.45) is -0.613. The van der Waals surface area contributed by atoms with E-state index < -0.39 is 6.10 Å². The maximum absolute atomic E-state index is 11.0. The van der Waals surface area contributed by atoms with Gasteiger partial charge in [0.15, 0.2) is 0 Å². The van der Waals surface area contributed by atoms with Gasteiger partial charge in [0.25, 0.3) is 0 Å². The first-order chi connectivity index (χ1) is 8.08. The van der Waals surface area contributed by atoms with Gasteiger partial charge in [-0.3, -0.25) is 4.79 Å². The Morgan fingerprint density at radius 1 is 1.53 bits per heavy atom. The summed E-state index contributed by atoms with van der Waals surface area (Å²) in [5.41, 5.74) is 1.29. The first-order valence-corrected chi connectivity index (χ1v) is 5.36. The lowest BCUT2D eigenvalue weighted by molar-refractivity contribution is -0.114. The quantitative estimate of drug-likeness (QED) is 0.713. The van der Waals surface area contributed by atoms with E-state index in [1.54, 1.807) is 25.2 Å². The highest BCUT2D eigenvalue weighted by molar-refractivity contribution is 5.90. The van der Waals surface area contributed by atoms with Gasteiger partial charge in [0.05, 0.1) is 18.9 Å². The van der Waals surface area contributed by atoms with Crippen LogP contribution in [0.25, 0.3) is 0 Å². The number of nitrogens with one attached hydrogen (secondary N) is 2. The number of hydrogen-bond acceptors (Lipinski definition) is 4. The van der Waals surface area contributed by atoms with Crippen LogP contribution in [0.15, 0.2) is 18.2 Å². The SMILES string of the molecule is CNCC(O)c1ccc(OC)c(NC(C)=O)c1. The number of amides is 1. The van der Waals surface area contributed by atoms with Crippen LogP contribution in [0.5, 0.6) is 5.75 Å². The number of likely N-dealkylation sites (N-methyl/N-ethyl adjacent to an activating group) is 1. The highest BCUT2D eigenvalue weighted by Crippen LogP contribution is 2.27. The van der Waals surface area contributed by atoms with Gasteiger partial charge in [-0.15, -0.1) is 0 Å². The molecule has 5 heteroatoms. The van der Waals surface area contributed by atoms with Crippen LogP contribution in [-0.4, -0.2) is 31.7 Å². The van der Waals surface area contributed by atoms with Gasteiger partial charge in [-0.05, 0) is 24.7 Å². The summed E-state index contributed by atoms with van der Waals surface area (Å²) >= 11 is 0. The van der Waals surface area contributed by atoms with E-state index in [1.165, 1.54) is 14.0 Å². The van der Waals surface area contributed by atoms with Gasteiger partial charge < -0.3 is 20.5 Å². The number of rotatable bonds is 5. The van der Waals surface area contributed by atoms with Crippen LogP contribution >= 0.6 is 0 Å². The number of hydrogen-bond donors (Lipinski definition) is 3. The molecule has 1 atom stereocenters. The third kappa shape index (κ3) is 3.72. The van der Waals surface area contributed by atoms with E-state index in [0.29, 0.717) is 18.0 Å². The summed E-state index contributed by atoms with van der Waals surface area (Å²) in [4.78, 5) is 11.0. The number of aliphatic hydroxyl groups is 1. The van der Waals surface area contributed by atoms with Crippen molar-refractivity contribution in [3.05, 3.63) is 23.8 Å². The van der Waals surface area contributed by atoms with Gasteiger partial charge in [-0.25, -0.2) is 0 Å².